The number of hydrogen-bond acceptors (Lipinski definition) is 4. The maximum absolute atomic E-state index is 13.1. The highest BCUT2D eigenvalue weighted by molar-refractivity contribution is 5.94. The molecule has 30 heavy (non-hydrogen) atoms. The van der Waals surface area contributed by atoms with Crippen LogP contribution in [0.15, 0.2) is 36.8 Å². The van der Waals surface area contributed by atoms with Gasteiger partial charge in [0, 0.05) is 31.8 Å². The van der Waals surface area contributed by atoms with E-state index < -0.39 is 5.82 Å². The van der Waals surface area contributed by atoms with Crippen LogP contribution in [-0.2, 0) is 13.5 Å². The number of urea groups is 1. The normalized spacial score (nSPS) is 13.4. The van der Waals surface area contributed by atoms with E-state index in [-0.39, 0.29) is 12.1 Å². The number of aryl methyl sites for hydroxylation is 1. The standard InChI is InChI=1S/C22H21FN6O/c1-14(19-7-6-18(23)13-25-19)27-22(30)29-9-8-20-21(29)10-16(11-24-20)4-5-17-12-26-28(3)15(17)2/h6-7,10-14H,8-9H2,1-3H3,(H,27,30)/t14-/m0/s1. The molecule has 0 saturated heterocycles. The van der Waals surface area contributed by atoms with Crippen molar-refractivity contribution in [1.29, 1.82) is 0 Å². The van der Waals surface area contributed by atoms with Crippen LogP contribution in [0.3, 0.4) is 0 Å². The van der Waals surface area contributed by atoms with Crippen LogP contribution < -0.4 is 10.2 Å². The molecule has 152 valence electrons. The molecule has 3 aromatic heterocycles. The number of carbonyl (C=O) groups excluding carboxylic acids is 1. The Morgan fingerprint density at radius 1 is 1.23 bits per heavy atom. The smallest absolute Gasteiger partial charge is 0.322 e. The summed E-state index contributed by atoms with van der Waals surface area (Å²) in [7, 11) is 1.87. The summed E-state index contributed by atoms with van der Waals surface area (Å²) < 4.78 is 14.8. The number of amides is 2. The zero-order chi connectivity index (χ0) is 21.3. The molecule has 1 aliphatic heterocycles. The predicted octanol–water partition coefficient (Wildman–Crippen LogP) is 2.89. The summed E-state index contributed by atoms with van der Waals surface area (Å²) in [6.07, 6.45) is 5.28. The first-order chi connectivity index (χ1) is 14.4. The van der Waals surface area contributed by atoms with E-state index in [1.165, 1.54) is 6.07 Å². The summed E-state index contributed by atoms with van der Waals surface area (Å²) in [6.45, 7) is 4.31. The van der Waals surface area contributed by atoms with Gasteiger partial charge in [0.2, 0.25) is 0 Å². The minimum absolute atomic E-state index is 0.248. The van der Waals surface area contributed by atoms with Crippen LogP contribution in [0, 0.1) is 24.6 Å². The lowest BCUT2D eigenvalue weighted by atomic mass is 10.2. The fourth-order valence-electron chi connectivity index (χ4n) is 3.27. The molecule has 0 spiro atoms. The van der Waals surface area contributed by atoms with Gasteiger partial charge in [0.1, 0.15) is 5.82 Å². The molecule has 0 fully saturated rings. The van der Waals surface area contributed by atoms with Crippen LogP contribution in [0.5, 0.6) is 0 Å². The Balaban J connectivity index is 1.52. The topological polar surface area (TPSA) is 75.9 Å². The van der Waals surface area contributed by atoms with Gasteiger partial charge in [-0.05, 0) is 32.0 Å². The molecule has 0 bridgehead atoms. The Morgan fingerprint density at radius 2 is 2.07 bits per heavy atom. The van der Waals surface area contributed by atoms with E-state index in [4.69, 9.17) is 0 Å². The number of nitrogens with one attached hydrogen (secondary N) is 1. The second kappa shape index (κ2) is 7.95. The molecule has 1 aliphatic rings. The lowest BCUT2D eigenvalue weighted by Crippen LogP contribution is -2.40. The Hall–Kier alpha value is -3.73. The average Bonchev–Trinajstić information content (AvgIpc) is 3.30. The number of nitrogens with zero attached hydrogens (tertiary/aromatic N) is 5. The third-order valence-electron chi connectivity index (χ3n) is 5.17. The Morgan fingerprint density at radius 3 is 2.77 bits per heavy atom. The fraction of sp³-hybridized carbons (Fsp3) is 0.273. The lowest BCUT2D eigenvalue weighted by molar-refractivity contribution is 0.243. The number of carbonyl (C=O) groups is 1. The van der Waals surface area contributed by atoms with Gasteiger partial charge in [-0.2, -0.15) is 5.10 Å². The van der Waals surface area contributed by atoms with E-state index in [2.05, 4.69) is 32.2 Å². The number of rotatable bonds is 2. The third kappa shape index (κ3) is 3.87. The molecule has 4 rings (SSSR count). The van der Waals surface area contributed by atoms with Gasteiger partial charge in [-0.1, -0.05) is 11.8 Å². The van der Waals surface area contributed by atoms with Gasteiger partial charge in [-0.25, -0.2) is 9.18 Å². The van der Waals surface area contributed by atoms with E-state index in [1.807, 2.05) is 27.0 Å². The molecule has 4 heterocycles. The highest BCUT2D eigenvalue weighted by Gasteiger charge is 2.27. The number of anilines is 1. The Kier molecular flexibility index (Phi) is 5.19. The van der Waals surface area contributed by atoms with E-state index in [1.54, 1.807) is 28.0 Å². The third-order valence-corrected chi connectivity index (χ3v) is 5.17. The first kappa shape index (κ1) is 19.6. The minimum atomic E-state index is -0.410. The second-order valence-corrected chi connectivity index (χ2v) is 7.18. The van der Waals surface area contributed by atoms with Crippen molar-refractivity contribution in [3.8, 4) is 11.8 Å². The number of fused-ring (bicyclic) bond motifs is 1. The zero-order valence-electron chi connectivity index (χ0n) is 17.0. The van der Waals surface area contributed by atoms with Gasteiger partial charge in [-0.3, -0.25) is 19.5 Å². The zero-order valence-corrected chi connectivity index (χ0v) is 17.0. The largest absolute Gasteiger partial charge is 0.330 e. The summed E-state index contributed by atoms with van der Waals surface area (Å²) in [5.41, 5.74) is 4.77. The average molecular weight is 404 g/mol. The van der Waals surface area contributed by atoms with Gasteiger partial charge in [0.25, 0.3) is 0 Å². The van der Waals surface area contributed by atoms with E-state index in [9.17, 15) is 9.18 Å². The Bertz CT molecular complexity index is 1160. The van der Waals surface area contributed by atoms with Gasteiger partial charge < -0.3 is 5.32 Å². The van der Waals surface area contributed by atoms with Crippen LogP contribution in [0.25, 0.3) is 0 Å². The molecule has 0 aliphatic carbocycles. The number of hydrogen-bond donors (Lipinski definition) is 1. The molecule has 0 aromatic carbocycles. The van der Waals surface area contributed by atoms with Gasteiger partial charge in [-0.15, -0.1) is 0 Å². The van der Waals surface area contributed by atoms with Crippen LogP contribution in [0.1, 0.15) is 41.2 Å². The SMILES string of the molecule is Cc1c(C#Cc2cnc3c(c2)N(C(=O)N[C@@H](C)c2ccc(F)cn2)CC3)cnn1C. The monoisotopic (exact) mass is 404 g/mol. The van der Waals surface area contributed by atoms with Crippen LogP contribution in [-0.4, -0.2) is 32.3 Å². The highest BCUT2D eigenvalue weighted by Crippen LogP contribution is 2.27. The van der Waals surface area contributed by atoms with Crippen molar-refractivity contribution in [1.82, 2.24) is 25.1 Å². The summed E-state index contributed by atoms with van der Waals surface area (Å²) in [5.74, 6) is 5.81. The Labute approximate surface area is 174 Å². The lowest BCUT2D eigenvalue weighted by Gasteiger charge is -2.21. The van der Waals surface area contributed by atoms with Crippen LogP contribution in [0.4, 0.5) is 14.9 Å². The summed E-state index contributed by atoms with van der Waals surface area (Å²) in [6, 6.07) is 4.17. The van der Waals surface area contributed by atoms with Crippen LogP contribution >= 0.6 is 0 Å². The molecule has 1 atom stereocenters. The molecule has 8 heteroatoms. The molecular formula is C22H21FN6O. The quantitative estimate of drug-likeness (QED) is 0.667. The number of halogens is 1. The maximum Gasteiger partial charge on any atom is 0.322 e. The van der Waals surface area contributed by atoms with Crippen molar-refractivity contribution in [3.63, 3.8) is 0 Å². The van der Waals surface area contributed by atoms with Crippen molar-refractivity contribution >= 4 is 11.7 Å². The van der Waals surface area contributed by atoms with Crippen molar-refractivity contribution in [2.75, 3.05) is 11.4 Å². The fourth-order valence-corrected chi connectivity index (χ4v) is 3.27. The van der Waals surface area contributed by atoms with Crippen molar-refractivity contribution in [2.24, 2.45) is 7.05 Å². The minimum Gasteiger partial charge on any atom is -0.330 e. The first-order valence-corrected chi connectivity index (χ1v) is 9.61. The van der Waals surface area contributed by atoms with Crippen LogP contribution in [0.2, 0.25) is 0 Å². The molecule has 0 unspecified atom stereocenters. The molecule has 0 saturated carbocycles. The number of pyridine rings is 2. The summed E-state index contributed by atoms with van der Waals surface area (Å²) in [4.78, 5) is 23.0. The first-order valence-electron chi connectivity index (χ1n) is 9.61. The summed E-state index contributed by atoms with van der Waals surface area (Å²) in [5, 5.41) is 7.10. The molecule has 3 aromatic rings. The molecular weight excluding hydrogens is 383 g/mol. The van der Waals surface area contributed by atoms with Crippen molar-refractivity contribution in [2.45, 2.75) is 26.3 Å². The molecule has 7 nitrogen and oxygen atoms in total. The highest BCUT2D eigenvalue weighted by atomic mass is 19.1. The van der Waals surface area contributed by atoms with Crippen molar-refractivity contribution < 1.29 is 9.18 Å². The second-order valence-electron chi connectivity index (χ2n) is 7.18. The molecule has 0 radical (unpaired) electrons. The molecule has 1 N–H and O–H groups in total. The number of aromatic nitrogens is 4. The van der Waals surface area contributed by atoms with Gasteiger partial charge >= 0.3 is 6.03 Å². The van der Waals surface area contributed by atoms with E-state index >= 15 is 0 Å². The van der Waals surface area contributed by atoms with Gasteiger partial charge in [0.15, 0.2) is 0 Å². The predicted molar refractivity (Wildman–Crippen MR) is 110 cm³/mol. The van der Waals surface area contributed by atoms with E-state index in [0.717, 1.165) is 34.4 Å². The van der Waals surface area contributed by atoms with E-state index in [0.29, 0.717) is 18.7 Å². The maximum atomic E-state index is 13.1. The van der Waals surface area contributed by atoms with Gasteiger partial charge in [0.05, 0.1) is 46.8 Å². The summed E-state index contributed by atoms with van der Waals surface area (Å²) >= 11 is 0. The van der Waals surface area contributed by atoms with Crippen molar-refractivity contribution in [3.05, 3.63) is 70.8 Å². The molecule has 2 amide bonds.